The molecule has 88 valence electrons. The molecule has 0 aromatic carbocycles. The molecule has 0 aliphatic heterocycles. The van der Waals surface area contributed by atoms with Gasteiger partial charge in [-0.2, -0.15) is 0 Å². The predicted octanol–water partition coefficient (Wildman–Crippen LogP) is 1.48. The number of carbonyl (C=O) groups is 1. The molecule has 16 heavy (non-hydrogen) atoms. The van der Waals surface area contributed by atoms with Crippen LogP contribution in [0.25, 0.3) is 0 Å². The average molecular weight is 243 g/mol. The van der Waals surface area contributed by atoms with Crippen LogP contribution in [0.1, 0.15) is 24.3 Å². The van der Waals surface area contributed by atoms with Crippen LogP contribution in [-0.2, 0) is 0 Å². The average Bonchev–Trinajstić information content (AvgIpc) is 2.26. The molecule has 4 nitrogen and oxygen atoms in total. The summed E-state index contributed by atoms with van der Waals surface area (Å²) < 4.78 is 0. The molecule has 5 heteroatoms. The molecule has 1 atom stereocenters. The van der Waals surface area contributed by atoms with E-state index in [0.717, 1.165) is 0 Å². The number of nitrogens with one attached hydrogen (secondary N) is 1. The van der Waals surface area contributed by atoms with Crippen molar-refractivity contribution in [1.82, 2.24) is 10.3 Å². The molecular formula is C11H15ClN2O2. The maximum Gasteiger partial charge on any atom is 0.270 e. The van der Waals surface area contributed by atoms with Crippen molar-refractivity contribution in [3.05, 3.63) is 29.0 Å². The molecule has 0 fully saturated rings. The van der Waals surface area contributed by atoms with Crippen molar-refractivity contribution in [1.29, 1.82) is 0 Å². The van der Waals surface area contributed by atoms with Crippen LogP contribution in [0.15, 0.2) is 18.3 Å². The molecular weight excluding hydrogens is 228 g/mol. The molecule has 0 aliphatic carbocycles. The lowest BCUT2D eigenvalue weighted by Crippen LogP contribution is -2.41. The number of nitrogens with zero attached hydrogens (tertiary/aromatic N) is 1. The zero-order chi connectivity index (χ0) is 12.1. The highest BCUT2D eigenvalue weighted by Crippen LogP contribution is 2.07. The summed E-state index contributed by atoms with van der Waals surface area (Å²) in [6.07, 6.45) is 1.42. The van der Waals surface area contributed by atoms with Gasteiger partial charge in [0.2, 0.25) is 0 Å². The molecule has 1 heterocycles. The van der Waals surface area contributed by atoms with Crippen LogP contribution in [0.5, 0.6) is 0 Å². The monoisotopic (exact) mass is 242 g/mol. The highest BCUT2D eigenvalue weighted by Gasteiger charge is 2.16. The number of aliphatic hydroxyl groups excluding tert-OH is 1. The summed E-state index contributed by atoms with van der Waals surface area (Å²) in [4.78, 5) is 15.6. The first kappa shape index (κ1) is 12.9. The summed E-state index contributed by atoms with van der Waals surface area (Å²) in [6.45, 7) is 3.77. The van der Waals surface area contributed by atoms with E-state index in [4.69, 9.17) is 16.7 Å². The van der Waals surface area contributed by atoms with Crippen LogP contribution < -0.4 is 5.32 Å². The van der Waals surface area contributed by atoms with Gasteiger partial charge in [0.15, 0.2) is 0 Å². The Morgan fingerprint density at radius 3 is 2.69 bits per heavy atom. The zero-order valence-corrected chi connectivity index (χ0v) is 10.0. The van der Waals surface area contributed by atoms with E-state index in [-0.39, 0.29) is 24.5 Å². The quantitative estimate of drug-likeness (QED) is 0.841. The van der Waals surface area contributed by atoms with Crippen molar-refractivity contribution in [3.63, 3.8) is 0 Å². The van der Waals surface area contributed by atoms with Crippen molar-refractivity contribution in [2.45, 2.75) is 19.9 Å². The Morgan fingerprint density at radius 1 is 1.56 bits per heavy atom. The summed E-state index contributed by atoms with van der Waals surface area (Å²) in [5.74, 6) is -0.134. The third-order valence-corrected chi connectivity index (χ3v) is 2.50. The minimum atomic E-state index is -0.301. The van der Waals surface area contributed by atoms with Crippen molar-refractivity contribution in [2.75, 3.05) is 6.61 Å². The number of aromatic nitrogens is 1. The van der Waals surface area contributed by atoms with Crippen molar-refractivity contribution >= 4 is 17.5 Å². The van der Waals surface area contributed by atoms with Crippen LogP contribution >= 0.6 is 11.6 Å². The smallest absolute Gasteiger partial charge is 0.270 e. The van der Waals surface area contributed by atoms with E-state index < -0.39 is 0 Å². The molecule has 0 radical (unpaired) electrons. The molecule has 1 rings (SSSR count). The molecule has 0 spiro atoms. The van der Waals surface area contributed by atoms with Gasteiger partial charge in [-0.15, -0.1) is 0 Å². The highest BCUT2D eigenvalue weighted by atomic mass is 35.5. The molecule has 0 bridgehead atoms. The maximum absolute atomic E-state index is 11.7. The first-order chi connectivity index (χ1) is 7.54. The maximum atomic E-state index is 11.7. The lowest BCUT2D eigenvalue weighted by Gasteiger charge is -2.19. The zero-order valence-electron chi connectivity index (χ0n) is 9.27. The van der Waals surface area contributed by atoms with E-state index in [0.29, 0.717) is 10.7 Å². The van der Waals surface area contributed by atoms with Crippen LogP contribution in [0, 0.1) is 5.92 Å². The van der Waals surface area contributed by atoms with Gasteiger partial charge in [-0.3, -0.25) is 4.79 Å². The van der Waals surface area contributed by atoms with E-state index in [2.05, 4.69) is 10.3 Å². The van der Waals surface area contributed by atoms with E-state index in [1.807, 2.05) is 13.8 Å². The summed E-state index contributed by atoms with van der Waals surface area (Å²) in [5, 5.41) is 12.3. The lowest BCUT2D eigenvalue weighted by atomic mass is 10.1. The molecule has 1 aromatic heterocycles. The standard InChI is InChI=1S/C11H15ClN2O2/c1-7(2)10(6-15)14-11(16)9-4-3-8(12)5-13-9/h3-5,7,10,15H,6H2,1-2H3,(H,14,16). The van der Waals surface area contributed by atoms with Crippen molar-refractivity contribution < 1.29 is 9.90 Å². The van der Waals surface area contributed by atoms with Crippen LogP contribution in [0.2, 0.25) is 5.02 Å². The van der Waals surface area contributed by atoms with Gasteiger partial charge in [0.1, 0.15) is 5.69 Å². The number of carbonyl (C=O) groups excluding carboxylic acids is 1. The molecule has 0 aliphatic rings. The molecule has 0 saturated heterocycles. The first-order valence-corrected chi connectivity index (χ1v) is 5.45. The van der Waals surface area contributed by atoms with Gasteiger partial charge >= 0.3 is 0 Å². The Bertz CT molecular complexity index is 352. The largest absolute Gasteiger partial charge is 0.394 e. The first-order valence-electron chi connectivity index (χ1n) is 5.08. The Labute approximate surface area is 99.6 Å². The second-order valence-corrected chi connectivity index (χ2v) is 4.30. The summed E-state index contributed by atoms with van der Waals surface area (Å²) in [5.41, 5.74) is 0.295. The summed E-state index contributed by atoms with van der Waals surface area (Å²) in [7, 11) is 0. The SMILES string of the molecule is CC(C)C(CO)NC(=O)c1ccc(Cl)cn1. The third-order valence-electron chi connectivity index (χ3n) is 2.28. The molecule has 1 unspecified atom stereocenters. The number of pyridine rings is 1. The van der Waals surface area contributed by atoms with E-state index in [1.165, 1.54) is 6.20 Å². The van der Waals surface area contributed by atoms with Crippen LogP contribution in [0.4, 0.5) is 0 Å². The van der Waals surface area contributed by atoms with Crippen LogP contribution in [-0.4, -0.2) is 28.6 Å². The molecule has 0 saturated carbocycles. The summed E-state index contributed by atoms with van der Waals surface area (Å²) >= 11 is 5.67. The molecule has 1 aromatic rings. The summed E-state index contributed by atoms with van der Waals surface area (Å²) in [6, 6.07) is 2.89. The van der Waals surface area contributed by atoms with Gasteiger partial charge in [0.25, 0.3) is 5.91 Å². The second-order valence-electron chi connectivity index (χ2n) is 3.87. The van der Waals surface area contributed by atoms with Gasteiger partial charge in [-0.05, 0) is 18.1 Å². The predicted molar refractivity (Wildman–Crippen MR) is 62.4 cm³/mol. The Kier molecular flexibility index (Phi) is 4.71. The minimum Gasteiger partial charge on any atom is -0.394 e. The fourth-order valence-electron chi connectivity index (χ4n) is 1.18. The number of hydrogen-bond donors (Lipinski definition) is 2. The minimum absolute atomic E-state index is 0.0863. The Balaban J connectivity index is 2.68. The van der Waals surface area contributed by atoms with Gasteiger partial charge in [0.05, 0.1) is 17.7 Å². The van der Waals surface area contributed by atoms with Gasteiger partial charge in [0, 0.05) is 6.20 Å². The lowest BCUT2D eigenvalue weighted by molar-refractivity contribution is 0.0892. The van der Waals surface area contributed by atoms with E-state index >= 15 is 0 Å². The number of halogens is 1. The highest BCUT2D eigenvalue weighted by molar-refractivity contribution is 6.30. The Morgan fingerprint density at radius 2 is 2.25 bits per heavy atom. The number of rotatable bonds is 4. The topological polar surface area (TPSA) is 62.2 Å². The second kappa shape index (κ2) is 5.82. The van der Waals surface area contributed by atoms with Gasteiger partial charge in [-0.25, -0.2) is 4.98 Å². The van der Waals surface area contributed by atoms with Gasteiger partial charge in [-0.1, -0.05) is 25.4 Å². The number of hydrogen-bond acceptors (Lipinski definition) is 3. The van der Waals surface area contributed by atoms with Crippen molar-refractivity contribution in [3.8, 4) is 0 Å². The number of aliphatic hydroxyl groups is 1. The third kappa shape index (κ3) is 3.47. The van der Waals surface area contributed by atoms with Gasteiger partial charge < -0.3 is 10.4 Å². The fraction of sp³-hybridized carbons (Fsp3) is 0.455. The van der Waals surface area contributed by atoms with E-state index in [9.17, 15) is 4.79 Å². The Hall–Kier alpha value is -1.13. The fourth-order valence-corrected chi connectivity index (χ4v) is 1.29. The number of amides is 1. The normalized spacial score (nSPS) is 12.6. The molecule has 1 amide bonds. The van der Waals surface area contributed by atoms with Crippen molar-refractivity contribution in [2.24, 2.45) is 5.92 Å². The van der Waals surface area contributed by atoms with Crippen LogP contribution in [0.3, 0.4) is 0 Å². The van der Waals surface area contributed by atoms with E-state index in [1.54, 1.807) is 12.1 Å². The molecule has 2 N–H and O–H groups in total.